The van der Waals surface area contributed by atoms with Crippen LogP contribution in [0.4, 0.5) is 13.2 Å². The Bertz CT molecular complexity index is 289. The molecule has 0 aliphatic rings. The van der Waals surface area contributed by atoms with E-state index < -0.39 is 40.8 Å². The average molecular weight is 263 g/mol. The lowest BCUT2D eigenvalue weighted by atomic mass is 10.3. The van der Waals surface area contributed by atoms with E-state index in [-0.39, 0.29) is 13.0 Å². The molecule has 98 valence electrons. The van der Waals surface area contributed by atoms with Gasteiger partial charge in [-0.3, -0.25) is 0 Å². The van der Waals surface area contributed by atoms with Gasteiger partial charge < -0.3 is 5.11 Å². The Morgan fingerprint density at radius 3 is 2.38 bits per heavy atom. The molecule has 4 nitrogen and oxygen atoms in total. The van der Waals surface area contributed by atoms with Crippen LogP contribution in [0.15, 0.2) is 0 Å². The highest BCUT2D eigenvalue weighted by molar-refractivity contribution is 7.89. The van der Waals surface area contributed by atoms with Crippen LogP contribution >= 0.6 is 0 Å². The highest BCUT2D eigenvalue weighted by Crippen LogP contribution is 2.21. The van der Waals surface area contributed by atoms with E-state index in [1.54, 1.807) is 0 Å². The molecule has 0 aromatic carbocycles. The van der Waals surface area contributed by atoms with E-state index in [0.717, 1.165) is 0 Å². The first-order valence-corrected chi connectivity index (χ1v) is 6.49. The maximum atomic E-state index is 11.8. The van der Waals surface area contributed by atoms with Crippen molar-refractivity contribution in [3.8, 4) is 0 Å². The molecule has 0 aromatic heterocycles. The maximum Gasteiger partial charge on any atom is 0.389 e. The zero-order valence-corrected chi connectivity index (χ0v) is 9.74. The molecule has 0 aliphatic heterocycles. The SMILES string of the molecule is CC(CCO)NS(=O)(=O)CCCC(F)(F)F. The van der Waals surface area contributed by atoms with Gasteiger partial charge in [-0.2, -0.15) is 13.2 Å². The van der Waals surface area contributed by atoms with Crippen LogP contribution in [0.5, 0.6) is 0 Å². The Morgan fingerprint density at radius 1 is 1.38 bits per heavy atom. The maximum absolute atomic E-state index is 11.8. The summed E-state index contributed by atoms with van der Waals surface area (Å²) in [5.74, 6) is -0.553. The first-order valence-electron chi connectivity index (χ1n) is 4.84. The normalized spacial score (nSPS) is 15.1. The van der Waals surface area contributed by atoms with Crippen LogP contribution < -0.4 is 4.72 Å². The molecule has 2 N–H and O–H groups in total. The number of aliphatic hydroxyl groups is 1. The molecule has 0 rings (SSSR count). The smallest absolute Gasteiger partial charge is 0.389 e. The van der Waals surface area contributed by atoms with E-state index in [0.29, 0.717) is 0 Å². The summed E-state index contributed by atoms with van der Waals surface area (Å²) in [4.78, 5) is 0. The van der Waals surface area contributed by atoms with Crippen molar-refractivity contribution in [2.24, 2.45) is 0 Å². The number of rotatable bonds is 7. The fraction of sp³-hybridized carbons (Fsp3) is 1.00. The van der Waals surface area contributed by atoms with Gasteiger partial charge in [0.25, 0.3) is 0 Å². The molecule has 1 unspecified atom stereocenters. The van der Waals surface area contributed by atoms with Gasteiger partial charge in [-0.05, 0) is 19.8 Å². The third-order valence-electron chi connectivity index (χ3n) is 1.82. The van der Waals surface area contributed by atoms with Gasteiger partial charge in [0.1, 0.15) is 0 Å². The molecule has 0 aromatic rings. The number of halogens is 3. The van der Waals surface area contributed by atoms with Crippen molar-refractivity contribution in [1.29, 1.82) is 0 Å². The fourth-order valence-electron chi connectivity index (χ4n) is 1.08. The van der Waals surface area contributed by atoms with Gasteiger partial charge in [-0.25, -0.2) is 13.1 Å². The molecule has 0 radical (unpaired) electrons. The van der Waals surface area contributed by atoms with Gasteiger partial charge >= 0.3 is 6.18 Å². The molecule has 8 heteroatoms. The summed E-state index contributed by atoms with van der Waals surface area (Å²) in [6.45, 7) is 1.36. The Balaban J connectivity index is 3.97. The highest BCUT2D eigenvalue weighted by atomic mass is 32.2. The van der Waals surface area contributed by atoms with Crippen LogP contribution in [-0.2, 0) is 10.0 Å². The molecule has 1 atom stereocenters. The summed E-state index contributed by atoms with van der Waals surface area (Å²) in [6, 6.07) is -0.471. The highest BCUT2D eigenvalue weighted by Gasteiger charge is 2.27. The van der Waals surface area contributed by atoms with Gasteiger partial charge in [0.05, 0.1) is 5.75 Å². The van der Waals surface area contributed by atoms with Crippen molar-refractivity contribution in [2.75, 3.05) is 12.4 Å². The summed E-state index contributed by atoms with van der Waals surface area (Å²) < 4.78 is 60.0. The number of hydrogen-bond donors (Lipinski definition) is 2. The number of sulfonamides is 1. The van der Waals surface area contributed by atoms with Crippen LogP contribution in [0.2, 0.25) is 0 Å². The first kappa shape index (κ1) is 15.7. The summed E-state index contributed by atoms with van der Waals surface area (Å²) >= 11 is 0. The third-order valence-corrected chi connectivity index (χ3v) is 3.40. The second-order valence-electron chi connectivity index (χ2n) is 3.57. The number of hydrogen-bond acceptors (Lipinski definition) is 3. The van der Waals surface area contributed by atoms with Crippen LogP contribution in [0.3, 0.4) is 0 Å². The van der Waals surface area contributed by atoms with Gasteiger partial charge in [0, 0.05) is 19.1 Å². The molecule has 0 saturated carbocycles. The lowest BCUT2D eigenvalue weighted by molar-refractivity contribution is -0.134. The number of aliphatic hydroxyl groups excluding tert-OH is 1. The second-order valence-corrected chi connectivity index (χ2v) is 5.44. The van der Waals surface area contributed by atoms with Crippen molar-refractivity contribution < 1.29 is 26.7 Å². The Hall–Kier alpha value is -0.340. The van der Waals surface area contributed by atoms with E-state index in [4.69, 9.17) is 5.11 Å². The molecule has 16 heavy (non-hydrogen) atoms. The first-order chi connectivity index (χ1) is 7.16. The standard InChI is InChI=1S/C8H16F3NO3S/c1-7(3-5-13)12-16(14,15)6-2-4-8(9,10)11/h7,12-13H,2-6H2,1H3. The largest absolute Gasteiger partial charge is 0.396 e. The Labute approximate surface area is 92.9 Å². The summed E-state index contributed by atoms with van der Waals surface area (Å²) in [7, 11) is -3.69. The molecule has 0 saturated heterocycles. The van der Waals surface area contributed by atoms with Gasteiger partial charge in [-0.1, -0.05) is 0 Å². The minimum Gasteiger partial charge on any atom is -0.396 e. The Kier molecular flexibility index (Phi) is 6.27. The van der Waals surface area contributed by atoms with Crippen LogP contribution in [-0.4, -0.2) is 38.1 Å². The van der Waals surface area contributed by atoms with Crippen LogP contribution in [0.1, 0.15) is 26.2 Å². The molecule has 0 heterocycles. The summed E-state index contributed by atoms with van der Waals surface area (Å²) in [5.41, 5.74) is 0. The minimum atomic E-state index is -4.33. The number of nitrogens with one attached hydrogen (secondary N) is 1. The van der Waals surface area contributed by atoms with Crippen LogP contribution in [0, 0.1) is 0 Å². The van der Waals surface area contributed by atoms with Crippen molar-refractivity contribution in [2.45, 2.75) is 38.4 Å². The molecular weight excluding hydrogens is 247 g/mol. The quantitative estimate of drug-likeness (QED) is 0.720. The van der Waals surface area contributed by atoms with E-state index in [9.17, 15) is 21.6 Å². The lowest BCUT2D eigenvalue weighted by Gasteiger charge is -2.13. The van der Waals surface area contributed by atoms with Crippen LogP contribution in [0.25, 0.3) is 0 Å². The van der Waals surface area contributed by atoms with E-state index >= 15 is 0 Å². The molecule has 0 amide bonds. The van der Waals surface area contributed by atoms with Gasteiger partial charge in [0.2, 0.25) is 10.0 Å². The predicted molar refractivity (Wildman–Crippen MR) is 53.4 cm³/mol. The number of alkyl halides is 3. The molecule has 0 aliphatic carbocycles. The monoisotopic (exact) mass is 263 g/mol. The zero-order chi connectivity index (χ0) is 12.8. The van der Waals surface area contributed by atoms with Gasteiger partial charge in [0.15, 0.2) is 0 Å². The third kappa shape index (κ3) is 8.93. The predicted octanol–water partition coefficient (Wildman–Crippen LogP) is 1.02. The molecular formula is C8H16F3NO3S. The summed E-state index contributed by atoms with van der Waals surface area (Å²) in [5, 5.41) is 8.53. The van der Waals surface area contributed by atoms with Crippen molar-refractivity contribution >= 4 is 10.0 Å². The van der Waals surface area contributed by atoms with E-state index in [1.165, 1.54) is 6.92 Å². The van der Waals surface area contributed by atoms with Crippen molar-refractivity contribution in [3.63, 3.8) is 0 Å². The topological polar surface area (TPSA) is 66.4 Å². The van der Waals surface area contributed by atoms with Crippen molar-refractivity contribution in [1.82, 2.24) is 4.72 Å². The molecule has 0 bridgehead atoms. The molecule has 0 spiro atoms. The lowest BCUT2D eigenvalue weighted by Crippen LogP contribution is -2.35. The average Bonchev–Trinajstić information content (AvgIpc) is 1.99. The fourth-order valence-corrected chi connectivity index (χ4v) is 2.45. The van der Waals surface area contributed by atoms with E-state index in [1.807, 2.05) is 0 Å². The minimum absolute atomic E-state index is 0.174. The van der Waals surface area contributed by atoms with Crippen molar-refractivity contribution in [3.05, 3.63) is 0 Å². The van der Waals surface area contributed by atoms with E-state index in [2.05, 4.69) is 4.72 Å². The second kappa shape index (κ2) is 6.41. The Morgan fingerprint density at radius 2 is 1.94 bits per heavy atom. The summed E-state index contributed by atoms with van der Waals surface area (Å²) in [6.07, 6.45) is -5.66. The van der Waals surface area contributed by atoms with Gasteiger partial charge in [-0.15, -0.1) is 0 Å². The molecule has 0 fully saturated rings. The zero-order valence-electron chi connectivity index (χ0n) is 8.92.